The van der Waals surface area contributed by atoms with Crippen molar-refractivity contribution in [3.63, 3.8) is 0 Å². The molecule has 2 aliphatic rings. The summed E-state index contributed by atoms with van der Waals surface area (Å²) >= 11 is 0. The molecule has 5 amide bonds. The van der Waals surface area contributed by atoms with Gasteiger partial charge in [0, 0.05) is 25.2 Å². The number of unbranched alkanes of at least 4 members (excludes halogenated alkanes) is 2. The number of benzene rings is 1. The Kier molecular flexibility index (Phi) is 7.35. The number of ether oxygens (including phenoxy) is 1. The Bertz CT molecular complexity index is 968. The largest absolute Gasteiger partial charge is 0.444 e. The number of rotatable bonds is 8. The molecule has 2 aliphatic heterocycles. The van der Waals surface area contributed by atoms with Gasteiger partial charge in [0.1, 0.15) is 11.6 Å². The highest BCUT2D eigenvalue weighted by Crippen LogP contribution is 2.32. The van der Waals surface area contributed by atoms with Crippen LogP contribution in [-0.4, -0.2) is 59.4 Å². The molecule has 10 nitrogen and oxygen atoms in total. The molecule has 1 aromatic carbocycles. The van der Waals surface area contributed by atoms with E-state index in [2.05, 4.69) is 16.0 Å². The second kappa shape index (κ2) is 10.0. The second-order valence-electron chi connectivity index (χ2n) is 9.09. The highest BCUT2D eigenvalue weighted by molar-refractivity contribution is 6.25. The number of nitrogens with zero attached hydrogens (tertiary/aromatic N) is 1. The maximum absolute atomic E-state index is 13.0. The van der Waals surface area contributed by atoms with Gasteiger partial charge in [-0.15, -0.1) is 0 Å². The van der Waals surface area contributed by atoms with Crippen LogP contribution in [0.5, 0.6) is 0 Å². The van der Waals surface area contributed by atoms with Crippen LogP contribution in [0.15, 0.2) is 18.2 Å². The van der Waals surface area contributed by atoms with E-state index in [4.69, 9.17) is 4.74 Å². The summed E-state index contributed by atoms with van der Waals surface area (Å²) in [6.07, 6.45) is 2.16. The lowest BCUT2D eigenvalue weighted by Gasteiger charge is -2.27. The van der Waals surface area contributed by atoms with Gasteiger partial charge in [-0.2, -0.15) is 0 Å². The van der Waals surface area contributed by atoms with Crippen molar-refractivity contribution in [2.75, 3.05) is 18.4 Å². The van der Waals surface area contributed by atoms with Crippen LogP contribution in [0, 0.1) is 0 Å². The zero-order chi connectivity index (χ0) is 24.2. The number of anilines is 1. The van der Waals surface area contributed by atoms with Crippen molar-refractivity contribution in [3.8, 4) is 0 Å². The molecule has 0 aromatic heterocycles. The van der Waals surface area contributed by atoms with E-state index in [9.17, 15) is 24.0 Å². The van der Waals surface area contributed by atoms with Crippen LogP contribution in [0.2, 0.25) is 0 Å². The molecule has 1 saturated heterocycles. The lowest BCUT2D eigenvalue weighted by Crippen LogP contribution is -2.54. The molecule has 0 aliphatic carbocycles. The standard InChI is InChI=1S/C23H30N4O6/c1-23(2,3)33-22(32)25-13-6-4-5-12-24-15-9-7-8-14-18(15)21(31)27(20(14)30)16-10-11-17(28)26-19(16)29/h7-9,16,24H,4-6,10-13H2,1-3H3,(H,25,32)(H,26,28,29). The maximum atomic E-state index is 13.0. The fourth-order valence-corrected chi connectivity index (χ4v) is 3.82. The summed E-state index contributed by atoms with van der Waals surface area (Å²) in [7, 11) is 0. The molecule has 1 fully saturated rings. The topological polar surface area (TPSA) is 134 Å². The van der Waals surface area contributed by atoms with E-state index >= 15 is 0 Å². The van der Waals surface area contributed by atoms with Gasteiger partial charge in [-0.25, -0.2) is 4.79 Å². The van der Waals surface area contributed by atoms with Crippen molar-refractivity contribution >= 4 is 35.4 Å². The van der Waals surface area contributed by atoms with Gasteiger partial charge in [0.15, 0.2) is 0 Å². The lowest BCUT2D eigenvalue weighted by atomic mass is 10.0. The fraction of sp³-hybridized carbons (Fsp3) is 0.522. The summed E-state index contributed by atoms with van der Waals surface area (Å²) in [5.74, 6) is -2.10. The normalized spacial score (nSPS) is 18.2. The number of hydrogen-bond donors (Lipinski definition) is 3. The first-order valence-electron chi connectivity index (χ1n) is 11.1. The zero-order valence-corrected chi connectivity index (χ0v) is 19.2. The number of hydrogen-bond acceptors (Lipinski definition) is 7. The SMILES string of the molecule is CC(C)(C)OC(=O)NCCCCCNc1cccc2c1C(=O)N(C1CCC(=O)NC1=O)C2=O. The molecule has 1 unspecified atom stereocenters. The highest BCUT2D eigenvalue weighted by Gasteiger charge is 2.45. The summed E-state index contributed by atoms with van der Waals surface area (Å²) in [5.41, 5.74) is 0.499. The summed E-state index contributed by atoms with van der Waals surface area (Å²) in [4.78, 5) is 62.1. The predicted molar refractivity (Wildman–Crippen MR) is 120 cm³/mol. The molecular formula is C23H30N4O6. The number of nitrogens with one attached hydrogen (secondary N) is 3. The molecule has 3 rings (SSSR count). The third kappa shape index (κ3) is 5.88. The molecule has 0 radical (unpaired) electrons. The summed E-state index contributed by atoms with van der Waals surface area (Å²) in [6.45, 7) is 6.50. The van der Waals surface area contributed by atoms with E-state index in [1.807, 2.05) is 0 Å². The Hall–Kier alpha value is -3.43. The Morgan fingerprint density at radius 2 is 1.82 bits per heavy atom. The van der Waals surface area contributed by atoms with Crippen molar-refractivity contribution in [3.05, 3.63) is 29.3 Å². The smallest absolute Gasteiger partial charge is 0.407 e. The van der Waals surface area contributed by atoms with Crippen LogP contribution in [0.4, 0.5) is 10.5 Å². The zero-order valence-electron chi connectivity index (χ0n) is 19.2. The van der Waals surface area contributed by atoms with Gasteiger partial charge >= 0.3 is 6.09 Å². The molecule has 0 saturated carbocycles. The van der Waals surface area contributed by atoms with E-state index in [1.54, 1.807) is 39.0 Å². The monoisotopic (exact) mass is 458 g/mol. The number of carbonyl (C=O) groups excluding carboxylic acids is 5. The molecule has 1 atom stereocenters. The number of imide groups is 2. The molecule has 10 heteroatoms. The van der Waals surface area contributed by atoms with E-state index in [0.717, 1.165) is 24.2 Å². The van der Waals surface area contributed by atoms with Gasteiger partial charge in [-0.1, -0.05) is 6.07 Å². The third-order valence-electron chi connectivity index (χ3n) is 5.31. The van der Waals surface area contributed by atoms with Gasteiger partial charge in [0.2, 0.25) is 11.8 Å². The maximum Gasteiger partial charge on any atom is 0.407 e. The quantitative estimate of drug-likeness (QED) is 0.402. The molecule has 2 heterocycles. The first kappa shape index (κ1) is 24.2. The van der Waals surface area contributed by atoms with Crippen LogP contribution in [-0.2, 0) is 14.3 Å². The van der Waals surface area contributed by atoms with E-state index < -0.39 is 41.4 Å². The van der Waals surface area contributed by atoms with Gasteiger partial charge in [-0.05, 0) is 58.6 Å². The average molecular weight is 459 g/mol. The van der Waals surface area contributed by atoms with Crippen LogP contribution in [0.3, 0.4) is 0 Å². The van der Waals surface area contributed by atoms with Crippen molar-refractivity contribution < 1.29 is 28.7 Å². The minimum absolute atomic E-state index is 0.0811. The summed E-state index contributed by atoms with van der Waals surface area (Å²) in [6, 6.07) is 3.99. The van der Waals surface area contributed by atoms with Crippen molar-refractivity contribution in [1.82, 2.24) is 15.5 Å². The Balaban J connectivity index is 1.50. The Labute approximate surface area is 192 Å². The van der Waals surface area contributed by atoms with Crippen molar-refractivity contribution in [2.45, 2.75) is 64.5 Å². The molecule has 3 N–H and O–H groups in total. The number of fused-ring (bicyclic) bond motifs is 1. The first-order valence-corrected chi connectivity index (χ1v) is 11.1. The fourth-order valence-electron chi connectivity index (χ4n) is 3.82. The number of amides is 5. The second-order valence-corrected chi connectivity index (χ2v) is 9.09. The summed E-state index contributed by atoms with van der Waals surface area (Å²) < 4.78 is 5.18. The van der Waals surface area contributed by atoms with E-state index in [1.165, 1.54) is 0 Å². The third-order valence-corrected chi connectivity index (χ3v) is 5.31. The van der Waals surface area contributed by atoms with Gasteiger partial charge in [-0.3, -0.25) is 29.4 Å². The highest BCUT2D eigenvalue weighted by atomic mass is 16.6. The van der Waals surface area contributed by atoms with Crippen LogP contribution in [0.25, 0.3) is 0 Å². The van der Waals surface area contributed by atoms with Crippen molar-refractivity contribution in [1.29, 1.82) is 0 Å². The van der Waals surface area contributed by atoms with Gasteiger partial charge in [0.25, 0.3) is 11.8 Å². The van der Waals surface area contributed by atoms with Crippen LogP contribution in [0.1, 0.15) is 73.6 Å². The number of carbonyl (C=O) groups is 5. The molecule has 1 aromatic rings. The van der Waals surface area contributed by atoms with E-state index in [-0.39, 0.29) is 24.0 Å². The number of piperidine rings is 1. The molecular weight excluding hydrogens is 428 g/mol. The lowest BCUT2D eigenvalue weighted by molar-refractivity contribution is -0.136. The predicted octanol–water partition coefficient (Wildman–Crippen LogP) is 2.19. The van der Waals surface area contributed by atoms with Gasteiger partial charge in [0.05, 0.1) is 11.1 Å². The first-order chi connectivity index (χ1) is 15.6. The van der Waals surface area contributed by atoms with E-state index in [0.29, 0.717) is 18.8 Å². The van der Waals surface area contributed by atoms with Crippen LogP contribution < -0.4 is 16.0 Å². The molecule has 178 valence electrons. The minimum Gasteiger partial charge on any atom is -0.444 e. The molecule has 0 spiro atoms. The molecule has 33 heavy (non-hydrogen) atoms. The van der Waals surface area contributed by atoms with Crippen molar-refractivity contribution in [2.24, 2.45) is 0 Å². The molecule has 0 bridgehead atoms. The Morgan fingerprint density at radius 3 is 2.52 bits per heavy atom. The minimum atomic E-state index is -0.986. The average Bonchev–Trinajstić information content (AvgIpc) is 2.97. The Morgan fingerprint density at radius 1 is 1.09 bits per heavy atom. The number of alkyl carbamates (subject to hydrolysis) is 1. The van der Waals surface area contributed by atoms with Gasteiger partial charge < -0.3 is 15.4 Å². The summed E-state index contributed by atoms with van der Waals surface area (Å²) in [5, 5.41) is 8.11. The van der Waals surface area contributed by atoms with Crippen LogP contribution >= 0.6 is 0 Å².